The molecule has 2 heterocycles. The number of benzene rings is 2. The predicted molar refractivity (Wildman–Crippen MR) is 108 cm³/mol. The predicted octanol–water partition coefficient (Wildman–Crippen LogP) is 4.96. The van der Waals surface area contributed by atoms with Gasteiger partial charge in [0.1, 0.15) is 4.88 Å². The van der Waals surface area contributed by atoms with Crippen molar-refractivity contribution < 1.29 is 9.53 Å². The van der Waals surface area contributed by atoms with Gasteiger partial charge in [-0.25, -0.2) is 0 Å². The summed E-state index contributed by atoms with van der Waals surface area (Å²) in [7, 11) is 1.66. The second-order valence-electron chi connectivity index (χ2n) is 5.66. The fraction of sp³-hybridized carbons (Fsp3) is 0.158. The molecule has 0 aliphatic rings. The van der Waals surface area contributed by atoms with E-state index in [1.165, 1.54) is 22.7 Å². The van der Waals surface area contributed by atoms with E-state index in [-0.39, 0.29) is 5.91 Å². The normalized spacial score (nSPS) is 12.3. The van der Waals surface area contributed by atoms with Crippen LogP contribution in [0.4, 0.5) is 0 Å². The maximum Gasteiger partial charge on any atom is 0.291 e. The first-order chi connectivity index (χ1) is 12.7. The molecule has 1 amide bonds. The molecule has 0 aliphatic heterocycles. The first kappa shape index (κ1) is 17.4. The molecular formula is C19H15ClN2O2S2. The molecular weight excluding hydrogens is 388 g/mol. The highest BCUT2D eigenvalue weighted by atomic mass is 35.5. The molecule has 0 saturated heterocycles. The molecule has 0 saturated carbocycles. The zero-order valence-electron chi connectivity index (χ0n) is 13.9. The van der Waals surface area contributed by atoms with E-state index in [9.17, 15) is 4.79 Å². The van der Waals surface area contributed by atoms with Gasteiger partial charge in [0.2, 0.25) is 0 Å². The lowest BCUT2D eigenvalue weighted by atomic mass is 10.2. The number of rotatable bonds is 4. The third kappa shape index (κ3) is 3.10. The Morgan fingerprint density at radius 3 is 2.62 bits per heavy atom. The Bertz CT molecular complexity index is 1170. The first-order valence-electron chi connectivity index (χ1n) is 8.02. The molecule has 26 heavy (non-hydrogen) atoms. The van der Waals surface area contributed by atoms with Crippen LogP contribution in [0.2, 0.25) is 5.02 Å². The summed E-state index contributed by atoms with van der Waals surface area (Å²) in [5, 5.41) is 1.37. The number of amides is 1. The van der Waals surface area contributed by atoms with Crippen molar-refractivity contribution in [3.63, 3.8) is 0 Å². The lowest BCUT2D eigenvalue weighted by molar-refractivity contribution is 0.100. The van der Waals surface area contributed by atoms with Crippen LogP contribution in [0.5, 0.6) is 0 Å². The Balaban J connectivity index is 1.84. The Kier molecular flexibility index (Phi) is 4.91. The summed E-state index contributed by atoms with van der Waals surface area (Å²) in [6.07, 6.45) is 0. The number of halogens is 1. The number of thiazole rings is 1. The molecule has 2 aromatic heterocycles. The standard InChI is InChI=1S/C19H15ClN2O2S2/c1-24-11-10-22-13-7-3-5-9-15(13)26-19(22)21-18(23)17-16(20)12-6-2-4-8-14(12)25-17/h2-9H,10-11H2,1H3. The maximum absolute atomic E-state index is 12.8. The molecule has 132 valence electrons. The summed E-state index contributed by atoms with van der Waals surface area (Å²) in [4.78, 5) is 18.3. The molecule has 0 unspecified atom stereocenters. The van der Waals surface area contributed by atoms with Crippen LogP contribution < -0.4 is 4.80 Å². The molecule has 0 spiro atoms. The number of carbonyl (C=O) groups is 1. The van der Waals surface area contributed by atoms with Gasteiger partial charge in [0.05, 0.1) is 21.8 Å². The van der Waals surface area contributed by atoms with Crippen LogP contribution in [0.1, 0.15) is 9.67 Å². The molecule has 0 radical (unpaired) electrons. The summed E-state index contributed by atoms with van der Waals surface area (Å²) in [5.74, 6) is -0.311. The highest BCUT2D eigenvalue weighted by molar-refractivity contribution is 7.21. The number of para-hydroxylation sites is 1. The van der Waals surface area contributed by atoms with E-state index < -0.39 is 0 Å². The molecule has 0 fully saturated rings. The quantitative estimate of drug-likeness (QED) is 0.484. The van der Waals surface area contributed by atoms with E-state index in [0.29, 0.717) is 27.9 Å². The molecule has 2 aromatic carbocycles. The topological polar surface area (TPSA) is 43.6 Å². The van der Waals surface area contributed by atoms with Crippen molar-refractivity contribution in [3.8, 4) is 0 Å². The zero-order chi connectivity index (χ0) is 18.1. The average Bonchev–Trinajstić information content (AvgIpc) is 3.18. The fourth-order valence-corrected chi connectivity index (χ4v) is 5.24. The average molecular weight is 403 g/mol. The monoisotopic (exact) mass is 402 g/mol. The van der Waals surface area contributed by atoms with Gasteiger partial charge < -0.3 is 9.30 Å². The summed E-state index contributed by atoms with van der Waals surface area (Å²) in [6.45, 7) is 1.18. The number of hydrogen-bond donors (Lipinski definition) is 0. The number of ether oxygens (including phenoxy) is 1. The zero-order valence-corrected chi connectivity index (χ0v) is 16.3. The second kappa shape index (κ2) is 7.32. The van der Waals surface area contributed by atoms with Gasteiger partial charge in [-0.15, -0.1) is 11.3 Å². The Morgan fingerprint density at radius 1 is 1.12 bits per heavy atom. The van der Waals surface area contributed by atoms with Gasteiger partial charge in [0.15, 0.2) is 4.80 Å². The Hall–Kier alpha value is -1.99. The van der Waals surface area contributed by atoms with E-state index in [2.05, 4.69) is 4.99 Å². The Labute approximate surface area is 162 Å². The summed E-state index contributed by atoms with van der Waals surface area (Å²) >= 11 is 9.30. The van der Waals surface area contributed by atoms with Gasteiger partial charge in [0.25, 0.3) is 5.91 Å². The number of aromatic nitrogens is 1. The van der Waals surface area contributed by atoms with Crippen molar-refractivity contribution in [1.29, 1.82) is 0 Å². The van der Waals surface area contributed by atoms with Crippen LogP contribution in [-0.4, -0.2) is 24.2 Å². The first-order valence-corrected chi connectivity index (χ1v) is 10.0. The summed E-state index contributed by atoms with van der Waals surface area (Å²) in [6, 6.07) is 15.7. The van der Waals surface area contributed by atoms with E-state index in [0.717, 1.165) is 20.3 Å². The van der Waals surface area contributed by atoms with Crippen molar-refractivity contribution in [3.05, 3.63) is 63.2 Å². The van der Waals surface area contributed by atoms with Crippen LogP contribution in [0.3, 0.4) is 0 Å². The molecule has 0 bridgehead atoms. The number of fused-ring (bicyclic) bond motifs is 2. The molecule has 4 aromatic rings. The van der Waals surface area contributed by atoms with Crippen molar-refractivity contribution in [2.75, 3.05) is 13.7 Å². The van der Waals surface area contributed by atoms with Crippen LogP contribution in [-0.2, 0) is 11.3 Å². The lowest BCUT2D eigenvalue weighted by Crippen LogP contribution is -2.19. The summed E-state index contributed by atoms with van der Waals surface area (Å²) in [5.41, 5.74) is 1.04. The van der Waals surface area contributed by atoms with Gasteiger partial charge in [-0.2, -0.15) is 4.99 Å². The highest BCUT2D eigenvalue weighted by Gasteiger charge is 2.17. The van der Waals surface area contributed by atoms with Crippen molar-refractivity contribution in [2.45, 2.75) is 6.54 Å². The van der Waals surface area contributed by atoms with Crippen molar-refractivity contribution in [1.82, 2.24) is 4.57 Å². The van der Waals surface area contributed by atoms with E-state index >= 15 is 0 Å². The fourth-order valence-electron chi connectivity index (χ4n) is 2.79. The minimum absolute atomic E-state index is 0.311. The Morgan fingerprint density at radius 2 is 1.85 bits per heavy atom. The summed E-state index contributed by atoms with van der Waals surface area (Å²) < 4.78 is 9.29. The van der Waals surface area contributed by atoms with Crippen molar-refractivity contribution >= 4 is 60.5 Å². The number of nitrogens with zero attached hydrogens (tertiary/aromatic N) is 2. The van der Waals surface area contributed by atoms with Gasteiger partial charge in [-0.1, -0.05) is 53.3 Å². The minimum Gasteiger partial charge on any atom is -0.383 e. The van der Waals surface area contributed by atoms with Gasteiger partial charge >= 0.3 is 0 Å². The van der Waals surface area contributed by atoms with Crippen LogP contribution in [0, 0.1) is 0 Å². The van der Waals surface area contributed by atoms with Crippen LogP contribution in [0.15, 0.2) is 53.5 Å². The molecule has 4 nitrogen and oxygen atoms in total. The molecule has 0 atom stereocenters. The number of thiophene rings is 1. The third-order valence-electron chi connectivity index (χ3n) is 4.03. The molecule has 0 N–H and O–H groups in total. The number of methoxy groups -OCH3 is 1. The maximum atomic E-state index is 12.8. The minimum atomic E-state index is -0.311. The van der Waals surface area contributed by atoms with Gasteiger partial charge in [-0.05, 0) is 18.2 Å². The van der Waals surface area contributed by atoms with E-state index in [1.54, 1.807) is 7.11 Å². The molecule has 7 heteroatoms. The SMILES string of the molecule is COCCn1c(=NC(=O)c2sc3ccccc3c2Cl)sc2ccccc21. The molecule has 4 rings (SSSR count). The lowest BCUT2D eigenvalue weighted by Gasteiger charge is -2.03. The highest BCUT2D eigenvalue weighted by Crippen LogP contribution is 2.35. The van der Waals surface area contributed by atoms with Gasteiger partial charge in [-0.3, -0.25) is 4.79 Å². The van der Waals surface area contributed by atoms with Crippen LogP contribution >= 0.6 is 34.3 Å². The van der Waals surface area contributed by atoms with Gasteiger partial charge in [0, 0.05) is 23.7 Å². The van der Waals surface area contributed by atoms with Crippen molar-refractivity contribution in [2.24, 2.45) is 4.99 Å². The second-order valence-corrected chi connectivity index (χ2v) is 8.09. The smallest absolute Gasteiger partial charge is 0.291 e. The van der Waals surface area contributed by atoms with E-state index in [4.69, 9.17) is 16.3 Å². The number of hydrogen-bond acceptors (Lipinski definition) is 4. The largest absolute Gasteiger partial charge is 0.383 e. The van der Waals surface area contributed by atoms with Crippen LogP contribution in [0.25, 0.3) is 20.3 Å². The number of carbonyl (C=O) groups excluding carboxylic acids is 1. The molecule has 0 aliphatic carbocycles. The third-order valence-corrected chi connectivity index (χ3v) is 6.76. The van der Waals surface area contributed by atoms with E-state index in [1.807, 2.05) is 53.1 Å².